The molecule has 1 aromatic carbocycles. The molecule has 0 spiro atoms. The Morgan fingerprint density at radius 2 is 1.56 bits per heavy atom. The number of alkyl halides is 3. The van der Waals surface area contributed by atoms with Crippen molar-refractivity contribution in [1.82, 2.24) is 0 Å². The fourth-order valence-electron chi connectivity index (χ4n) is 1.43. The van der Waals surface area contributed by atoms with Crippen molar-refractivity contribution < 1.29 is 18.3 Å². The number of halogens is 3. The van der Waals surface area contributed by atoms with Crippen LogP contribution in [0.5, 0.6) is 0 Å². The number of hydrogen-bond acceptors (Lipinski definition) is 1. The van der Waals surface area contributed by atoms with Gasteiger partial charge in [0, 0.05) is 0 Å². The third-order valence-electron chi connectivity index (χ3n) is 2.74. The van der Waals surface area contributed by atoms with Crippen LogP contribution in [0.4, 0.5) is 13.2 Å². The number of aliphatic hydroxyl groups excluding tert-OH is 1. The Hall–Kier alpha value is -1.03. The second kappa shape index (κ2) is 4.87. The van der Waals surface area contributed by atoms with Crippen LogP contribution < -0.4 is 0 Å². The number of hydrogen-bond donors (Lipinski definition) is 1. The zero-order chi connectivity index (χ0) is 12.3. The van der Waals surface area contributed by atoms with Crippen LogP contribution in [-0.4, -0.2) is 11.3 Å². The summed E-state index contributed by atoms with van der Waals surface area (Å²) in [6, 6.07) is 5.94. The molecular formula is C12H15F3O. The Kier molecular flexibility index (Phi) is 3.97. The summed E-state index contributed by atoms with van der Waals surface area (Å²) in [7, 11) is 0. The van der Waals surface area contributed by atoms with Crippen molar-refractivity contribution in [2.45, 2.75) is 38.5 Å². The van der Waals surface area contributed by atoms with E-state index in [-0.39, 0.29) is 5.56 Å². The van der Waals surface area contributed by atoms with Gasteiger partial charge in [-0.25, -0.2) is 0 Å². The molecule has 1 nitrogen and oxygen atoms in total. The summed E-state index contributed by atoms with van der Waals surface area (Å²) in [5, 5.41) is 9.02. The van der Waals surface area contributed by atoms with Crippen molar-refractivity contribution in [2.24, 2.45) is 0 Å². The summed E-state index contributed by atoms with van der Waals surface area (Å²) in [4.78, 5) is 0. The predicted octanol–water partition coefficient (Wildman–Crippen LogP) is 3.80. The molecule has 0 aliphatic heterocycles. The Labute approximate surface area is 92.9 Å². The van der Waals surface area contributed by atoms with E-state index in [1.165, 1.54) is 12.1 Å². The predicted molar refractivity (Wildman–Crippen MR) is 56.2 cm³/mol. The maximum atomic E-state index is 12.2. The van der Waals surface area contributed by atoms with Crippen molar-refractivity contribution in [3.8, 4) is 0 Å². The first-order valence-corrected chi connectivity index (χ1v) is 5.21. The van der Waals surface area contributed by atoms with Crippen LogP contribution >= 0.6 is 0 Å². The van der Waals surface area contributed by atoms with Crippen molar-refractivity contribution in [1.29, 1.82) is 0 Å². The summed E-state index contributed by atoms with van der Waals surface area (Å²) < 4.78 is 36.6. The topological polar surface area (TPSA) is 20.2 Å². The molecule has 0 heterocycles. The van der Waals surface area contributed by atoms with Crippen molar-refractivity contribution in [3.63, 3.8) is 0 Å². The van der Waals surface area contributed by atoms with Gasteiger partial charge < -0.3 is 5.11 Å². The highest BCUT2D eigenvalue weighted by atomic mass is 19.4. The highest BCUT2D eigenvalue weighted by molar-refractivity contribution is 5.27. The van der Waals surface area contributed by atoms with Gasteiger partial charge in [0.25, 0.3) is 0 Å². The van der Waals surface area contributed by atoms with Crippen molar-refractivity contribution in [2.75, 3.05) is 0 Å². The van der Waals surface area contributed by atoms with Crippen LogP contribution in [0.1, 0.15) is 43.4 Å². The molecule has 16 heavy (non-hydrogen) atoms. The van der Waals surface area contributed by atoms with Crippen LogP contribution in [0.15, 0.2) is 24.3 Å². The van der Waals surface area contributed by atoms with E-state index < -0.39 is 12.3 Å². The summed E-state index contributed by atoms with van der Waals surface area (Å²) >= 11 is 0. The van der Waals surface area contributed by atoms with Gasteiger partial charge in [0.15, 0.2) is 6.10 Å². The minimum Gasteiger partial charge on any atom is -0.379 e. The largest absolute Gasteiger partial charge is 0.418 e. The molecule has 0 amide bonds. The fraction of sp³-hybridized carbons (Fsp3) is 0.500. The van der Waals surface area contributed by atoms with Crippen LogP contribution in [0.25, 0.3) is 0 Å². The molecule has 0 saturated heterocycles. The van der Waals surface area contributed by atoms with E-state index in [1.807, 2.05) is 13.8 Å². The normalized spacial score (nSPS) is 15.9. The van der Waals surface area contributed by atoms with Gasteiger partial charge >= 0.3 is 6.18 Å². The minimum absolute atomic E-state index is 0.112. The lowest BCUT2D eigenvalue weighted by Gasteiger charge is -2.16. The molecule has 1 rings (SSSR count). The smallest absolute Gasteiger partial charge is 0.379 e. The van der Waals surface area contributed by atoms with Crippen LogP contribution in [0, 0.1) is 0 Å². The molecule has 0 aromatic heterocycles. The van der Waals surface area contributed by atoms with E-state index >= 15 is 0 Å². The molecule has 0 aliphatic carbocycles. The van der Waals surface area contributed by atoms with Crippen LogP contribution in [0.2, 0.25) is 0 Å². The zero-order valence-corrected chi connectivity index (χ0v) is 9.25. The first-order valence-electron chi connectivity index (χ1n) is 5.21. The first kappa shape index (κ1) is 13.0. The summed E-state index contributed by atoms with van der Waals surface area (Å²) in [5.41, 5.74) is 0.875. The third kappa shape index (κ3) is 2.98. The highest BCUT2D eigenvalue weighted by Gasteiger charge is 2.39. The zero-order valence-electron chi connectivity index (χ0n) is 9.25. The molecule has 1 N–H and O–H groups in total. The lowest BCUT2D eigenvalue weighted by atomic mass is 9.96. The van der Waals surface area contributed by atoms with Crippen molar-refractivity contribution in [3.05, 3.63) is 35.4 Å². The van der Waals surface area contributed by atoms with E-state index in [9.17, 15) is 13.2 Å². The molecule has 0 aliphatic rings. The minimum atomic E-state index is -4.60. The van der Waals surface area contributed by atoms with Gasteiger partial charge in [-0.15, -0.1) is 0 Å². The Balaban J connectivity index is 2.87. The quantitative estimate of drug-likeness (QED) is 0.840. The number of benzene rings is 1. The van der Waals surface area contributed by atoms with Gasteiger partial charge in [-0.2, -0.15) is 13.2 Å². The van der Waals surface area contributed by atoms with Gasteiger partial charge in [-0.3, -0.25) is 0 Å². The van der Waals surface area contributed by atoms with Crippen molar-refractivity contribution >= 4 is 0 Å². The third-order valence-corrected chi connectivity index (χ3v) is 2.74. The standard InChI is InChI=1S/C12H15F3O/c1-3-8(2)9-4-6-10(7-5-9)11(16)12(13,14)15/h4-8,11,16H,3H2,1-2H3. The van der Waals surface area contributed by atoms with E-state index in [0.29, 0.717) is 5.92 Å². The van der Waals surface area contributed by atoms with Gasteiger partial charge in [-0.05, 0) is 23.5 Å². The molecule has 4 heteroatoms. The van der Waals surface area contributed by atoms with E-state index in [0.717, 1.165) is 12.0 Å². The van der Waals surface area contributed by atoms with Gasteiger partial charge in [-0.1, -0.05) is 38.1 Å². The summed E-state index contributed by atoms with van der Waals surface area (Å²) in [5.74, 6) is 0.317. The molecule has 1 aromatic rings. The molecule has 0 saturated carbocycles. The maximum Gasteiger partial charge on any atom is 0.418 e. The monoisotopic (exact) mass is 232 g/mol. The molecule has 0 bridgehead atoms. The number of rotatable bonds is 3. The van der Waals surface area contributed by atoms with Gasteiger partial charge in [0.2, 0.25) is 0 Å². The van der Waals surface area contributed by atoms with Gasteiger partial charge in [0.05, 0.1) is 0 Å². The lowest BCUT2D eigenvalue weighted by molar-refractivity contribution is -0.206. The summed E-state index contributed by atoms with van der Waals surface area (Å²) in [6.45, 7) is 4.03. The maximum absolute atomic E-state index is 12.2. The second-order valence-corrected chi connectivity index (χ2v) is 3.92. The van der Waals surface area contributed by atoms with Crippen LogP contribution in [-0.2, 0) is 0 Å². The fourth-order valence-corrected chi connectivity index (χ4v) is 1.43. The molecule has 2 atom stereocenters. The molecular weight excluding hydrogens is 217 g/mol. The molecule has 0 fully saturated rings. The molecule has 2 unspecified atom stereocenters. The van der Waals surface area contributed by atoms with E-state index in [2.05, 4.69) is 0 Å². The Morgan fingerprint density at radius 3 is 1.94 bits per heavy atom. The number of aliphatic hydroxyl groups is 1. The van der Waals surface area contributed by atoms with E-state index in [1.54, 1.807) is 12.1 Å². The Morgan fingerprint density at radius 1 is 1.12 bits per heavy atom. The van der Waals surface area contributed by atoms with E-state index in [4.69, 9.17) is 5.11 Å². The SMILES string of the molecule is CCC(C)c1ccc(C(O)C(F)(F)F)cc1. The average Bonchev–Trinajstić information content (AvgIpc) is 2.26. The highest BCUT2D eigenvalue weighted by Crippen LogP contribution is 2.33. The first-order chi connectivity index (χ1) is 7.36. The summed E-state index contributed by atoms with van der Waals surface area (Å²) in [6.07, 6.45) is -6.06. The molecule has 90 valence electrons. The average molecular weight is 232 g/mol. The Bertz CT molecular complexity index is 329. The molecule has 0 radical (unpaired) electrons. The van der Waals surface area contributed by atoms with Gasteiger partial charge in [0.1, 0.15) is 0 Å². The lowest BCUT2D eigenvalue weighted by Crippen LogP contribution is -2.20. The second-order valence-electron chi connectivity index (χ2n) is 3.92. The van der Waals surface area contributed by atoms with Crippen LogP contribution in [0.3, 0.4) is 0 Å².